The van der Waals surface area contributed by atoms with Gasteiger partial charge in [-0.15, -0.1) is 0 Å². The number of halogens is 3. The molecule has 1 aromatic carbocycles. The van der Waals surface area contributed by atoms with Crippen molar-refractivity contribution in [3.63, 3.8) is 0 Å². The zero-order valence-electron chi connectivity index (χ0n) is 11.8. The van der Waals surface area contributed by atoms with Crippen LogP contribution in [0.25, 0.3) is 0 Å². The highest BCUT2D eigenvalue weighted by atomic mass is 79.9. The van der Waals surface area contributed by atoms with Crippen LogP contribution in [0.4, 0.5) is 4.39 Å². The summed E-state index contributed by atoms with van der Waals surface area (Å²) in [5, 5.41) is 4.97. The van der Waals surface area contributed by atoms with E-state index in [-0.39, 0.29) is 5.82 Å². The van der Waals surface area contributed by atoms with Crippen LogP contribution in [0, 0.1) is 12.7 Å². The third-order valence-corrected chi connectivity index (χ3v) is 4.58. The van der Waals surface area contributed by atoms with E-state index in [1.54, 1.807) is 12.1 Å². The number of hydrazine groups is 1. The number of hydrogen-bond acceptors (Lipinski definition) is 3. The number of aryl methyl sites for hydroxylation is 2. The minimum absolute atomic E-state index is 0.317. The molecule has 0 radical (unpaired) electrons. The Balaban J connectivity index is 2.41. The standard InChI is InChI=1S/C14H17BrClFN4/c1-3-21-12(14(16)8(2)20-21)7-11(19-18)13-9(15)5-4-6-10(13)17/h4-6,11,19H,3,7,18H2,1-2H3. The minimum Gasteiger partial charge on any atom is -0.271 e. The van der Waals surface area contributed by atoms with Gasteiger partial charge in [-0.3, -0.25) is 16.0 Å². The molecule has 0 saturated carbocycles. The van der Waals surface area contributed by atoms with Gasteiger partial charge in [0.1, 0.15) is 5.82 Å². The Bertz CT molecular complexity index is 624. The molecule has 1 unspecified atom stereocenters. The quantitative estimate of drug-likeness (QED) is 0.621. The summed E-state index contributed by atoms with van der Waals surface area (Å²) >= 11 is 9.67. The molecule has 0 aliphatic carbocycles. The van der Waals surface area contributed by atoms with Crippen LogP contribution >= 0.6 is 27.5 Å². The molecule has 0 aliphatic rings. The number of hydrogen-bond donors (Lipinski definition) is 2. The first kappa shape index (κ1) is 16.4. The summed E-state index contributed by atoms with van der Waals surface area (Å²) in [4.78, 5) is 0. The van der Waals surface area contributed by atoms with Gasteiger partial charge in [0.15, 0.2) is 0 Å². The van der Waals surface area contributed by atoms with Gasteiger partial charge in [-0.05, 0) is 26.0 Å². The summed E-state index contributed by atoms with van der Waals surface area (Å²) in [6.07, 6.45) is 0.448. The van der Waals surface area contributed by atoms with Crippen LogP contribution < -0.4 is 11.3 Å². The molecule has 2 aromatic rings. The Morgan fingerprint density at radius 1 is 1.52 bits per heavy atom. The first-order valence-electron chi connectivity index (χ1n) is 6.61. The summed E-state index contributed by atoms with van der Waals surface area (Å²) in [6.45, 7) is 4.52. The average Bonchev–Trinajstić information content (AvgIpc) is 2.73. The molecule has 21 heavy (non-hydrogen) atoms. The molecule has 1 atom stereocenters. The van der Waals surface area contributed by atoms with Crippen LogP contribution in [0.15, 0.2) is 22.7 Å². The van der Waals surface area contributed by atoms with Gasteiger partial charge in [0.25, 0.3) is 0 Å². The third kappa shape index (κ3) is 3.29. The zero-order chi connectivity index (χ0) is 15.6. The fourth-order valence-corrected chi connectivity index (χ4v) is 3.18. The second kappa shape index (κ2) is 6.87. The number of rotatable bonds is 5. The molecule has 0 aliphatic heterocycles. The SMILES string of the molecule is CCn1nc(C)c(Cl)c1CC(NN)c1c(F)cccc1Br. The van der Waals surface area contributed by atoms with Crippen LogP contribution in [0.3, 0.4) is 0 Å². The first-order valence-corrected chi connectivity index (χ1v) is 7.78. The van der Waals surface area contributed by atoms with Crippen molar-refractivity contribution in [2.45, 2.75) is 32.9 Å². The summed E-state index contributed by atoms with van der Waals surface area (Å²) in [5.74, 6) is 5.31. The number of nitrogens with one attached hydrogen (secondary N) is 1. The monoisotopic (exact) mass is 374 g/mol. The zero-order valence-corrected chi connectivity index (χ0v) is 14.2. The van der Waals surface area contributed by atoms with Crippen LogP contribution in [0.5, 0.6) is 0 Å². The normalized spacial score (nSPS) is 12.7. The van der Waals surface area contributed by atoms with Crippen molar-refractivity contribution in [3.05, 3.63) is 50.5 Å². The molecule has 3 N–H and O–H groups in total. The van der Waals surface area contributed by atoms with Crippen molar-refractivity contribution in [3.8, 4) is 0 Å². The predicted molar refractivity (Wildman–Crippen MR) is 85.5 cm³/mol. The maximum Gasteiger partial charge on any atom is 0.129 e. The molecular weight excluding hydrogens is 359 g/mol. The lowest BCUT2D eigenvalue weighted by molar-refractivity contribution is 0.488. The van der Waals surface area contributed by atoms with Crippen molar-refractivity contribution in [1.29, 1.82) is 0 Å². The third-order valence-electron chi connectivity index (χ3n) is 3.40. The van der Waals surface area contributed by atoms with Gasteiger partial charge in [-0.25, -0.2) is 4.39 Å². The van der Waals surface area contributed by atoms with Crippen LogP contribution in [-0.4, -0.2) is 9.78 Å². The Kier molecular flexibility index (Phi) is 5.37. The van der Waals surface area contributed by atoms with E-state index < -0.39 is 6.04 Å². The van der Waals surface area contributed by atoms with E-state index in [1.165, 1.54) is 6.07 Å². The molecular formula is C14H17BrClFN4. The summed E-state index contributed by atoms with van der Waals surface area (Å²) < 4.78 is 16.6. The van der Waals surface area contributed by atoms with Crippen molar-refractivity contribution in [2.24, 2.45) is 5.84 Å². The molecule has 0 saturated heterocycles. The van der Waals surface area contributed by atoms with Crippen molar-refractivity contribution in [1.82, 2.24) is 15.2 Å². The molecule has 0 bridgehead atoms. The Morgan fingerprint density at radius 2 is 2.24 bits per heavy atom. The van der Waals surface area contributed by atoms with E-state index in [4.69, 9.17) is 17.4 Å². The van der Waals surface area contributed by atoms with Gasteiger partial charge in [0.05, 0.1) is 22.5 Å². The van der Waals surface area contributed by atoms with E-state index in [0.29, 0.717) is 28.0 Å². The molecule has 1 aromatic heterocycles. The van der Waals surface area contributed by atoms with Gasteiger partial charge in [-0.2, -0.15) is 5.10 Å². The molecule has 0 fully saturated rings. The van der Waals surface area contributed by atoms with E-state index in [9.17, 15) is 4.39 Å². The van der Waals surface area contributed by atoms with Crippen molar-refractivity contribution < 1.29 is 4.39 Å². The van der Waals surface area contributed by atoms with Crippen LogP contribution in [0.2, 0.25) is 5.02 Å². The number of nitrogens with zero attached hydrogens (tertiary/aromatic N) is 2. The Morgan fingerprint density at radius 3 is 2.81 bits per heavy atom. The molecule has 0 amide bonds. The molecule has 4 nitrogen and oxygen atoms in total. The van der Waals surface area contributed by atoms with E-state index in [0.717, 1.165) is 11.4 Å². The lowest BCUT2D eigenvalue weighted by Crippen LogP contribution is -2.31. The smallest absolute Gasteiger partial charge is 0.129 e. The topological polar surface area (TPSA) is 55.9 Å². The summed E-state index contributed by atoms with van der Waals surface area (Å²) in [5.41, 5.74) is 4.75. The number of benzene rings is 1. The fourth-order valence-electron chi connectivity index (χ4n) is 2.35. The molecule has 2 rings (SSSR count). The van der Waals surface area contributed by atoms with Gasteiger partial charge in [0, 0.05) is 23.0 Å². The van der Waals surface area contributed by atoms with Crippen LogP contribution in [0.1, 0.15) is 29.9 Å². The largest absolute Gasteiger partial charge is 0.271 e. The Hall–Kier alpha value is -0.950. The van der Waals surface area contributed by atoms with Crippen molar-refractivity contribution >= 4 is 27.5 Å². The van der Waals surface area contributed by atoms with E-state index in [2.05, 4.69) is 26.5 Å². The first-order chi connectivity index (χ1) is 9.99. The second-order valence-electron chi connectivity index (χ2n) is 4.72. The highest BCUT2D eigenvalue weighted by molar-refractivity contribution is 9.10. The minimum atomic E-state index is -0.403. The number of aromatic nitrogens is 2. The highest BCUT2D eigenvalue weighted by Gasteiger charge is 2.22. The lowest BCUT2D eigenvalue weighted by Gasteiger charge is -2.19. The van der Waals surface area contributed by atoms with E-state index >= 15 is 0 Å². The van der Waals surface area contributed by atoms with Gasteiger partial charge in [0.2, 0.25) is 0 Å². The molecule has 1 heterocycles. The van der Waals surface area contributed by atoms with Crippen LogP contribution in [-0.2, 0) is 13.0 Å². The van der Waals surface area contributed by atoms with Crippen molar-refractivity contribution in [2.75, 3.05) is 0 Å². The Labute approximate surface area is 136 Å². The highest BCUT2D eigenvalue weighted by Crippen LogP contribution is 2.31. The maximum absolute atomic E-state index is 14.1. The average molecular weight is 376 g/mol. The summed E-state index contributed by atoms with van der Waals surface area (Å²) in [7, 11) is 0. The predicted octanol–water partition coefficient (Wildman–Crippen LogP) is 3.51. The van der Waals surface area contributed by atoms with Gasteiger partial charge >= 0.3 is 0 Å². The number of nitrogens with two attached hydrogens (primary N) is 1. The van der Waals surface area contributed by atoms with Gasteiger partial charge in [-0.1, -0.05) is 33.6 Å². The molecule has 114 valence electrons. The molecule has 0 spiro atoms. The lowest BCUT2D eigenvalue weighted by atomic mass is 10.0. The van der Waals surface area contributed by atoms with E-state index in [1.807, 2.05) is 18.5 Å². The fraction of sp³-hybridized carbons (Fsp3) is 0.357. The second-order valence-corrected chi connectivity index (χ2v) is 5.95. The van der Waals surface area contributed by atoms with Gasteiger partial charge < -0.3 is 0 Å². The summed E-state index contributed by atoms with van der Waals surface area (Å²) in [6, 6.07) is 4.44. The molecule has 7 heteroatoms. The maximum atomic E-state index is 14.1.